The van der Waals surface area contributed by atoms with E-state index >= 15 is 0 Å². The predicted octanol–water partition coefficient (Wildman–Crippen LogP) is 2.26. The van der Waals surface area contributed by atoms with Crippen molar-refractivity contribution in [2.45, 2.75) is 12.5 Å². The Labute approximate surface area is 127 Å². The van der Waals surface area contributed by atoms with Crippen molar-refractivity contribution in [2.75, 3.05) is 33.4 Å². The molecule has 1 saturated heterocycles. The van der Waals surface area contributed by atoms with Crippen molar-refractivity contribution >= 4 is 22.0 Å². The second kappa shape index (κ2) is 7.50. The molecule has 0 radical (unpaired) electrons. The Morgan fingerprint density at radius 3 is 3.15 bits per heavy atom. The van der Waals surface area contributed by atoms with E-state index in [9.17, 15) is 4.79 Å². The minimum absolute atomic E-state index is 0.0849. The van der Waals surface area contributed by atoms with E-state index in [1.807, 2.05) is 24.3 Å². The predicted molar refractivity (Wildman–Crippen MR) is 80.0 cm³/mol. The number of carbonyl (C=O) groups excluding carboxylic acids is 1. The van der Waals surface area contributed by atoms with Crippen LogP contribution in [0.3, 0.4) is 0 Å². The Kier molecular flexibility index (Phi) is 5.67. The number of likely N-dealkylation sites (N-methyl/N-ethyl adjacent to an activating group) is 1. The van der Waals surface area contributed by atoms with Crippen molar-refractivity contribution in [3.63, 3.8) is 0 Å². The van der Waals surface area contributed by atoms with E-state index in [-0.39, 0.29) is 12.1 Å². The molecule has 0 aliphatic carbocycles. The molecule has 1 unspecified atom stereocenters. The van der Waals surface area contributed by atoms with Gasteiger partial charge in [0.2, 0.25) is 0 Å². The van der Waals surface area contributed by atoms with Gasteiger partial charge in [0.15, 0.2) is 0 Å². The maximum absolute atomic E-state index is 11.9. The van der Waals surface area contributed by atoms with Crippen LogP contribution in [0.1, 0.15) is 6.42 Å². The third kappa shape index (κ3) is 4.38. The Morgan fingerprint density at radius 2 is 2.45 bits per heavy atom. The van der Waals surface area contributed by atoms with Gasteiger partial charge in [-0.3, -0.25) is 0 Å². The Balaban J connectivity index is 1.66. The van der Waals surface area contributed by atoms with E-state index in [1.54, 1.807) is 11.9 Å². The number of urea groups is 1. The van der Waals surface area contributed by atoms with Crippen LogP contribution in [0.4, 0.5) is 4.79 Å². The highest BCUT2D eigenvalue weighted by Crippen LogP contribution is 2.17. The second-order valence-corrected chi connectivity index (χ2v) is 5.58. The zero-order valence-electron chi connectivity index (χ0n) is 11.5. The molecule has 1 fully saturated rings. The van der Waals surface area contributed by atoms with Crippen LogP contribution in [0.2, 0.25) is 0 Å². The van der Waals surface area contributed by atoms with Gasteiger partial charge in [0.1, 0.15) is 12.4 Å². The fourth-order valence-electron chi connectivity index (χ4n) is 2.00. The molecule has 1 aliphatic rings. The highest BCUT2D eigenvalue weighted by atomic mass is 79.9. The molecule has 0 saturated carbocycles. The van der Waals surface area contributed by atoms with Gasteiger partial charge in [-0.05, 0) is 24.6 Å². The van der Waals surface area contributed by atoms with E-state index < -0.39 is 0 Å². The summed E-state index contributed by atoms with van der Waals surface area (Å²) in [5, 5.41) is 2.84. The highest BCUT2D eigenvalue weighted by molar-refractivity contribution is 9.10. The number of ether oxygens (including phenoxy) is 2. The lowest BCUT2D eigenvalue weighted by atomic mass is 10.2. The van der Waals surface area contributed by atoms with Crippen molar-refractivity contribution in [2.24, 2.45) is 0 Å². The molecule has 1 atom stereocenters. The van der Waals surface area contributed by atoms with Gasteiger partial charge in [-0.15, -0.1) is 0 Å². The van der Waals surface area contributed by atoms with E-state index in [2.05, 4.69) is 21.2 Å². The van der Waals surface area contributed by atoms with Crippen LogP contribution in [0.15, 0.2) is 28.7 Å². The maximum Gasteiger partial charge on any atom is 0.317 e. The van der Waals surface area contributed by atoms with Gasteiger partial charge < -0.3 is 19.7 Å². The molecule has 2 amide bonds. The highest BCUT2D eigenvalue weighted by Gasteiger charge is 2.23. The normalized spacial score (nSPS) is 17.8. The summed E-state index contributed by atoms with van der Waals surface area (Å²) in [5.41, 5.74) is 0. The fraction of sp³-hybridized carbons (Fsp3) is 0.500. The zero-order chi connectivity index (χ0) is 14.4. The van der Waals surface area contributed by atoms with E-state index in [0.29, 0.717) is 19.8 Å². The molecule has 1 aromatic carbocycles. The third-order valence-corrected chi connectivity index (χ3v) is 3.71. The number of hydrogen-bond donors (Lipinski definition) is 1. The lowest BCUT2D eigenvalue weighted by molar-refractivity contribution is 0.157. The van der Waals surface area contributed by atoms with Crippen LogP contribution >= 0.6 is 15.9 Å². The summed E-state index contributed by atoms with van der Waals surface area (Å²) < 4.78 is 11.8. The van der Waals surface area contributed by atoms with Gasteiger partial charge >= 0.3 is 6.03 Å². The summed E-state index contributed by atoms with van der Waals surface area (Å²) in [6.45, 7) is 2.27. The molecule has 110 valence electrons. The number of amides is 2. The van der Waals surface area contributed by atoms with Crippen molar-refractivity contribution in [1.29, 1.82) is 0 Å². The van der Waals surface area contributed by atoms with Crippen molar-refractivity contribution in [1.82, 2.24) is 10.2 Å². The first kappa shape index (κ1) is 15.1. The molecule has 0 spiro atoms. The average Bonchev–Trinajstić information content (AvgIpc) is 2.96. The molecule has 2 rings (SSSR count). The summed E-state index contributed by atoms with van der Waals surface area (Å²) in [6, 6.07) is 7.72. The first-order chi connectivity index (χ1) is 9.66. The SMILES string of the molecule is CN(C(=O)NCCOc1cccc(Br)c1)C1CCOC1. The first-order valence-electron chi connectivity index (χ1n) is 6.63. The Bertz CT molecular complexity index is 450. The number of nitrogens with one attached hydrogen (secondary N) is 1. The molecule has 1 aliphatic heterocycles. The van der Waals surface area contributed by atoms with E-state index in [1.165, 1.54) is 0 Å². The summed E-state index contributed by atoms with van der Waals surface area (Å²) in [6.07, 6.45) is 0.901. The number of hydrogen-bond acceptors (Lipinski definition) is 3. The van der Waals surface area contributed by atoms with E-state index in [0.717, 1.165) is 23.2 Å². The van der Waals surface area contributed by atoms with Gasteiger partial charge in [0.25, 0.3) is 0 Å². The van der Waals surface area contributed by atoms with Crippen LogP contribution in [0.5, 0.6) is 5.75 Å². The molecule has 1 heterocycles. The third-order valence-electron chi connectivity index (χ3n) is 3.22. The molecule has 6 heteroatoms. The molecule has 5 nitrogen and oxygen atoms in total. The van der Waals surface area contributed by atoms with Crippen LogP contribution in [0, 0.1) is 0 Å². The van der Waals surface area contributed by atoms with Gasteiger partial charge in [-0.1, -0.05) is 22.0 Å². The lowest BCUT2D eigenvalue weighted by Gasteiger charge is -2.23. The quantitative estimate of drug-likeness (QED) is 0.835. The first-order valence-corrected chi connectivity index (χ1v) is 7.43. The number of halogens is 1. The van der Waals surface area contributed by atoms with Crippen LogP contribution in [0.25, 0.3) is 0 Å². The minimum atomic E-state index is -0.0849. The van der Waals surface area contributed by atoms with Gasteiger partial charge in [0, 0.05) is 18.1 Å². The molecular weight excluding hydrogens is 324 g/mol. The van der Waals surface area contributed by atoms with Crippen LogP contribution in [-0.4, -0.2) is 50.4 Å². The minimum Gasteiger partial charge on any atom is -0.492 e. The van der Waals surface area contributed by atoms with E-state index in [4.69, 9.17) is 9.47 Å². The smallest absolute Gasteiger partial charge is 0.317 e. The number of nitrogens with zero attached hydrogens (tertiary/aromatic N) is 1. The number of carbonyl (C=O) groups is 1. The van der Waals surface area contributed by atoms with Gasteiger partial charge in [0.05, 0.1) is 19.2 Å². The molecule has 0 aromatic heterocycles. The number of rotatable bonds is 5. The van der Waals surface area contributed by atoms with Crippen LogP contribution < -0.4 is 10.1 Å². The molecular formula is C14H19BrN2O3. The fourth-order valence-corrected chi connectivity index (χ4v) is 2.38. The largest absolute Gasteiger partial charge is 0.492 e. The zero-order valence-corrected chi connectivity index (χ0v) is 13.1. The topological polar surface area (TPSA) is 50.8 Å². The van der Waals surface area contributed by atoms with Crippen molar-refractivity contribution in [3.8, 4) is 5.75 Å². The van der Waals surface area contributed by atoms with Crippen LogP contribution in [-0.2, 0) is 4.74 Å². The summed E-state index contributed by atoms with van der Waals surface area (Å²) in [4.78, 5) is 13.6. The molecule has 0 bridgehead atoms. The molecule has 1 N–H and O–H groups in total. The maximum atomic E-state index is 11.9. The van der Waals surface area contributed by atoms with Crippen molar-refractivity contribution < 1.29 is 14.3 Å². The Hall–Kier alpha value is -1.27. The van der Waals surface area contributed by atoms with Gasteiger partial charge in [-0.25, -0.2) is 4.79 Å². The summed E-state index contributed by atoms with van der Waals surface area (Å²) in [7, 11) is 1.80. The summed E-state index contributed by atoms with van der Waals surface area (Å²) in [5.74, 6) is 0.783. The molecule has 1 aromatic rings. The van der Waals surface area contributed by atoms with Gasteiger partial charge in [-0.2, -0.15) is 0 Å². The Morgan fingerprint density at radius 1 is 1.60 bits per heavy atom. The monoisotopic (exact) mass is 342 g/mol. The molecule has 20 heavy (non-hydrogen) atoms. The second-order valence-electron chi connectivity index (χ2n) is 4.67. The van der Waals surface area contributed by atoms with Crippen molar-refractivity contribution in [3.05, 3.63) is 28.7 Å². The summed E-state index contributed by atoms with van der Waals surface area (Å²) >= 11 is 3.38. The lowest BCUT2D eigenvalue weighted by Crippen LogP contribution is -2.44. The standard InChI is InChI=1S/C14H19BrN2O3/c1-17(12-5-7-19-10-12)14(18)16-6-8-20-13-4-2-3-11(15)9-13/h2-4,9,12H,5-8,10H2,1H3,(H,16,18). The average molecular weight is 343 g/mol. The number of benzene rings is 1.